The maximum Gasteiger partial charge on any atom is 0.341 e. The normalized spacial score (nSPS) is 13.0. The largest absolute Gasteiger partial charge is 0.465 e. The number of hydrogen-bond acceptors (Lipinski definition) is 6. The fourth-order valence-electron chi connectivity index (χ4n) is 1.81. The van der Waals surface area contributed by atoms with Crippen LogP contribution < -0.4 is 5.32 Å². The van der Waals surface area contributed by atoms with E-state index in [0.29, 0.717) is 22.9 Å². The molecule has 1 atom stereocenters. The lowest BCUT2D eigenvalue weighted by molar-refractivity contribution is -0.115. The lowest BCUT2D eigenvalue weighted by atomic mass is 10.0. The van der Waals surface area contributed by atoms with Crippen molar-refractivity contribution in [2.45, 2.75) is 32.4 Å². The maximum atomic E-state index is 12.0. The molecule has 1 amide bonds. The molecule has 1 aromatic rings. The zero-order chi connectivity index (χ0) is 17.1. The number of sulfone groups is 1. The molecule has 1 unspecified atom stereocenters. The Bertz CT molecular complexity index is 661. The molecule has 1 rings (SSSR count). The first-order valence-electron chi connectivity index (χ1n) is 6.76. The minimum Gasteiger partial charge on any atom is -0.465 e. The van der Waals surface area contributed by atoms with Crippen molar-refractivity contribution < 1.29 is 22.7 Å². The lowest BCUT2D eigenvalue weighted by Gasteiger charge is -2.11. The summed E-state index contributed by atoms with van der Waals surface area (Å²) in [4.78, 5) is 24.0. The van der Waals surface area contributed by atoms with Gasteiger partial charge >= 0.3 is 5.97 Å². The van der Waals surface area contributed by atoms with E-state index in [0.717, 1.165) is 11.8 Å². The van der Waals surface area contributed by atoms with Gasteiger partial charge in [0.05, 0.1) is 12.7 Å². The topological polar surface area (TPSA) is 89.5 Å². The SMILES string of the molecule is COC(=O)c1c(CC(C)C)csc1NC(=O)C(C)S(C)(=O)=O. The Hall–Kier alpha value is -1.41. The van der Waals surface area contributed by atoms with Crippen molar-refractivity contribution in [2.24, 2.45) is 5.92 Å². The summed E-state index contributed by atoms with van der Waals surface area (Å²) in [6, 6.07) is 0. The molecule has 1 aromatic heterocycles. The van der Waals surface area contributed by atoms with Crippen LogP contribution in [0.15, 0.2) is 5.38 Å². The third kappa shape index (κ3) is 4.54. The number of nitrogens with one attached hydrogen (secondary N) is 1. The highest BCUT2D eigenvalue weighted by atomic mass is 32.2. The molecular formula is C14H21NO5S2. The zero-order valence-corrected chi connectivity index (χ0v) is 14.9. The van der Waals surface area contributed by atoms with Crippen LogP contribution in [0.4, 0.5) is 5.00 Å². The molecular weight excluding hydrogens is 326 g/mol. The first-order valence-corrected chi connectivity index (χ1v) is 9.59. The van der Waals surface area contributed by atoms with Gasteiger partial charge in [0.1, 0.15) is 10.3 Å². The van der Waals surface area contributed by atoms with Crippen molar-refractivity contribution in [1.82, 2.24) is 0 Å². The Morgan fingerprint density at radius 1 is 1.32 bits per heavy atom. The molecule has 0 aliphatic carbocycles. The number of rotatable bonds is 6. The van der Waals surface area contributed by atoms with Gasteiger partial charge in [0.15, 0.2) is 9.84 Å². The molecule has 0 aliphatic rings. The first-order chi connectivity index (χ1) is 10.1. The fraction of sp³-hybridized carbons (Fsp3) is 0.571. The predicted molar refractivity (Wildman–Crippen MR) is 87.1 cm³/mol. The summed E-state index contributed by atoms with van der Waals surface area (Å²) in [5, 5.41) is 3.45. The Morgan fingerprint density at radius 3 is 2.36 bits per heavy atom. The van der Waals surface area contributed by atoms with Gasteiger partial charge in [-0.25, -0.2) is 13.2 Å². The van der Waals surface area contributed by atoms with E-state index < -0.39 is 27.0 Å². The maximum absolute atomic E-state index is 12.0. The molecule has 0 bridgehead atoms. The molecule has 1 heterocycles. The van der Waals surface area contributed by atoms with E-state index in [4.69, 9.17) is 4.74 Å². The number of ether oxygens (including phenoxy) is 1. The van der Waals surface area contributed by atoms with Crippen molar-refractivity contribution in [3.8, 4) is 0 Å². The number of thiophene rings is 1. The summed E-state index contributed by atoms with van der Waals surface area (Å²) in [5.41, 5.74) is 1.09. The first kappa shape index (κ1) is 18.6. The summed E-state index contributed by atoms with van der Waals surface area (Å²) in [7, 11) is -2.23. The molecule has 1 N–H and O–H groups in total. The van der Waals surface area contributed by atoms with Gasteiger partial charge < -0.3 is 10.1 Å². The molecule has 124 valence electrons. The second-order valence-electron chi connectivity index (χ2n) is 5.52. The molecule has 0 aliphatic heterocycles. The van der Waals surface area contributed by atoms with Crippen LogP contribution >= 0.6 is 11.3 Å². The van der Waals surface area contributed by atoms with E-state index in [9.17, 15) is 18.0 Å². The number of amides is 1. The van der Waals surface area contributed by atoms with Gasteiger partial charge in [-0.05, 0) is 30.2 Å². The number of esters is 1. The van der Waals surface area contributed by atoms with Crippen LogP contribution in [0.5, 0.6) is 0 Å². The molecule has 22 heavy (non-hydrogen) atoms. The second-order valence-corrected chi connectivity index (χ2v) is 8.76. The average molecular weight is 347 g/mol. The van der Waals surface area contributed by atoms with Gasteiger partial charge in [-0.15, -0.1) is 11.3 Å². The van der Waals surface area contributed by atoms with E-state index in [1.54, 1.807) is 5.38 Å². The van der Waals surface area contributed by atoms with Crippen LogP contribution in [-0.2, 0) is 25.8 Å². The van der Waals surface area contributed by atoms with Crippen molar-refractivity contribution in [1.29, 1.82) is 0 Å². The van der Waals surface area contributed by atoms with Gasteiger partial charge in [0.2, 0.25) is 5.91 Å². The van der Waals surface area contributed by atoms with Gasteiger partial charge in [0.25, 0.3) is 0 Å². The molecule has 0 radical (unpaired) electrons. The van der Waals surface area contributed by atoms with Crippen LogP contribution in [0, 0.1) is 5.92 Å². The van der Waals surface area contributed by atoms with Gasteiger partial charge in [0, 0.05) is 6.26 Å². The van der Waals surface area contributed by atoms with E-state index >= 15 is 0 Å². The summed E-state index contributed by atoms with van der Waals surface area (Å²) >= 11 is 1.19. The monoisotopic (exact) mass is 347 g/mol. The molecule has 8 heteroatoms. The van der Waals surface area contributed by atoms with Crippen molar-refractivity contribution in [3.05, 3.63) is 16.5 Å². The minimum atomic E-state index is -3.50. The van der Waals surface area contributed by atoms with Gasteiger partial charge in [-0.1, -0.05) is 13.8 Å². The van der Waals surface area contributed by atoms with E-state index in [-0.39, 0.29) is 0 Å². The predicted octanol–water partition coefficient (Wildman–Crippen LogP) is 2.10. The van der Waals surface area contributed by atoms with E-state index in [1.165, 1.54) is 25.4 Å². The zero-order valence-electron chi connectivity index (χ0n) is 13.3. The van der Waals surface area contributed by atoms with Crippen LogP contribution in [0.2, 0.25) is 0 Å². The molecule has 0 saturated carbocycles. The summed E-state index contributed by atoms with van der Waals surface area (Å²) in [5.74, 6) is -0.874. The second kappa shape index (κ2) is 7.23. The van der Waals surface area contributed by atoms with Crippen molar-refractivity contribution in [3.63, 3.8) is 0 Å². The Morgan fingerprint density at radius 2 is 1.91 bits per heavy atom. The summed E-state index contributed by atoms with van der Waals surface area (Å²) in [6.07, 6.45) is 1.66. The number of carbonyl (C=O) groups is 2. The van der Waals surface area contributed by atoms with Crippen LogP contribution in [-0.4, -0.2) is 38.9 Å². The molecule has 0 saturated heterocycles. The van der Waals surface area contributed by atoms with Gasteiger partial charge in [-0.3, -0.25) is 4.79 Å². The molecule has 0 aromatic carbocycles. The lowest BCUT2D eigenvalue weighted by Crippen LogP contribution is -2.32. The number of methoxy groups -OCH3 is 1. The van der Waals surface area contributed by atoms with Crippen molar-refractivity contribution >= 4 is 38.1 Å². The standard InChI is InChI=1S/C14H21NO5S2/c1-8(2)6-10-7-21-13(11(10)14(17)20-4)15-12(16)9(3)22(5,18)19/h7-9H,6H2,1-5H3,(H,15,16). The minimum absolute atomic E-state index is 0.301. The third-order valence-electron chi connectivity index (χ3n) is 3.13. The average Bonchev–Trinajstić information content (AvgIpc) is 2.77. The van der Waals surface area contributed by atoms with Gasteiger partial charge in [-0.2, -0.15) is 0 Å². The third-order valence-corrected chi connectivity index (χ3v) is 5.58. The smallest absolute Gasteiger partial charge is 0.341 e. The molecule has 0 fully saturated rings. The molecule has 0 spiro atoms. The quantitative estimate of drug-likeness (QED) is 0.796. The summed E-state index contributed by atoms with van der Waals surface area (Å²) in [6.45, 7) is 5.34. The Labute approximate surface area is 134 Å². The fourth-order valence-corrected chi connectivity index (χ4v) is 3.22. The number of carbonyl (C=O) groups excluding carboxylic acids is 2. The van der Waals surface area contributed by atoms with Crippen LogP contribution in [0.25, 0.3) is 0 Å². The van der Waals surface area contributed by atoms with Crippen LogP contribution in [0.3, 0.4) is 0 Å². The summed E-state index contributed by atoms with van der Waals surface area (Å²) < 4.78 is 27.6. The molecule has 6 nitrogen and oxygen atoms in total. The highest BCUT2D eigenvalue weighted by Gasteiger charge is 2.27. The van der Waals surface area contributed by atoms with E-state index in [1.807, 2.05) is 13.8 Å². The number of hydrogen-bond donors (Lipinski definition) is 1. The Kier molecular flexibility index (Phi) is 6.13. The highest BCUT2D eigenvalue weighted by molar-refractivity contribution is 7.92. The van der Waals surface area contributed by atoms with E-state index in [2.05, 4.69) is 5.32 Å². The number of anilines is 1. The van der Waals surface area contributed by atoms with Crippen LogP contribution in [0.1, 0.15) is 36.7 Å². The Balaban J connectivity index is 3.12. The van der Waals surface area contributed by atoms with Crippen molar-refractivity contribution in [2.75, 3.05) is 18.7 Å². The highest BCUT2D eigenvalue weighted by Crippen LogP contribution is 2.31.